The Morgan fingerprint density at radius 2 is 1.61 bits per heavy atom. The summed E-state index contributed by atoms with van der Waals surface area (Å²) in [5.74, 6) is 3.97. The smallest absolute Gasteiger partial charge is 0.133 e. The van der Waals surface area contributed by atoms with Gasteiger partial charge < -0.3 is 5.11 Å². The van der Waals surface area contributed by atoms with Crippen LogP contribution in [0.25, 0.3) is 0 Å². The standard InChI is InChI=1S/C21H34O2/c1-13(22)17-6-7-18-16-5-4-14-12-15(23)8-10-20(14,2)19(16)9-11-21(17,18)3/h14-19,23H,4-12H2,1-3H3/t14-,15+,16-,17?,18-,19-,20-,21+/m0/s1. The summed E-state index contributed by atoms with van der Waals surface area (Å²) in [5, 5.41) is 10.1. The van der Waals surface area contributed by atoms with Gasteiger partial charge in [-0.3, -0.25) is 4.79 Å². The second-order valence-electron chi connectivity index (χ2n) is 9.87. The Bertz CT molecular complexity index is 500. The van der Waals surface area contributed by atoms with Crippen LogP contribution in [0.1, 0.15) is 78.6 Å². The Kier molecular flexibility index (Phi) is 3.72. The summed E-state index contributed by atoms with van der Waals surface area (Å²) in [4.78, 5) is 12.2. The van der Waals surface area contributed by atoms with Gasteiger partial charge in [0.1, 0.15) is 5.78 Å². The van der Waals surface area contributed by atoms with Crippen LogP contribution in [0.2, 0.25) is 0 Å². The maximum absolute atomic E-state index is 12.2. The summed E-state index contributed by atoms with van der Waals surface area (Å²) in [6.07, 6.45) is 10.9. The van der Waals surface area contributed by atoms with Gasteiger partial charge in [-0.05, 0) is 99.2 Å². The number of aliphatic hydroxyl groups excluding tert-OH is 1. The van der Waals surface area contributed by atoms with E-state index in [9.17, 15) is 9.90 Å². The molecule has 0 amide bonds. The summed E-state index contributed by atoms with van der Waals surface area (Å²) in [5.41, 5.74) is 0.738. The van der Waals surface area contributed by atoms with E-state index in [4.69, 9.17) is 0 Å². The normalized spacial score (nSPS) is 55.7. The molecule has 130 valence electrons. The monoisotopic (exact) mass is 318 g/mol. The summed E-state index contributed by atoms with van der Waals surface area (Å²) >= 11 is 0. The van der Waals surface area contributed by atoms with Crippen molar-refractivity contribution in [2.75, 3.05) is 0 Å². The van der Waals surface area contributed by atoms with E-state index in [0.717, 1.165) is 42.9 Å². The highest BCUT2D eigenvalue weighted by atomic mass is 16.3. The van der Waals surface area contributed by atoms with E-state index in [1.807, 2.05) is 6.92 Å². The second-order valence-corrected chi connectivity index (χ2v) is 9.87. The van der Waals surface area contributed by atoms with Gasteiger partial charge in [-0.15, -0.1) is 0 Å². The third-order valence-corrected chi connectivity index (χ3v) is 9.13. The maximum Gasteiger partial charge on any atom is 0.133 e. The van der Waals surface area contributed by atoms with Crippen molar-refractivity contribution in [3.63, 3.8) is 0 Å². The van der Waals surface area contributed by atoms with Gasteiger partial charge >= 0.3 is 0 Å². The molecule has 2 nitrogen and oxygen atoms in total. The first-order valence-electron chi connectivity index (χ1n) is 10.0. The summed E-state index contributed by atoms with van der Waals surface area (Å²) in [6, 6.07) is 0. The Morgan fingerprint density at radius 1 is 0.913 bits per heavy atom. The molecule has 0 heterocycles. The van der Waals surface area contributed by atoms with Crippen LogP contribution in [0.4, 0.5) is 0 Å². The number of fused-ring (bicyclic) bond motifs is 5. The van der Waals surface area contributed by atoms with Crippen molar-refractivity contribution < 1.29 is 9.90 Å². The van der Waals surface area contributed by atoms with E-state index in [0.29, 0.717) is 17.1 Å². The minimum absolute atomic E-state index is 0.0490. The predicted molar refractivity (Wildman–Crippen MR) is 91.9 cm³/mol. The van der Waals surface area contributed by atoms with Crippen LogP contribution in [-0.2, 0) is 4.79 Å². The van der Waals surface area contributed by atoms with Crippen molar-refractivity contribution in [3.8, 4) is 0 Å². The molecule has 4 aliphatic carbocycles. The minimum atomic E-state index is -0.0490. The number of ketones is 1. The van der Waals surface area contributed by atoms with Crippen LogP contribution in [-0.4, -0.2) is 17.0 Å². The molecule has 0 aromatic heterocycles. The third kappa shape index (κ3) is 2.19. The number of hydrogen-bond acceptors (Lipinski definition) is 2. The predicted octanol–water partition coefficient (Wildman–Crippen LogP) is 4.60. The van der Waals surface area contributed by atoms with Crippen LogP contribution in [0, 0.1) is 40.4 Å². The highest BCUT2D eigenvalue weighted by Crippen LogP contribution is 2.67. The molecule has 4 saturated carbocycles. The van der Waals surface area contributed by atoms with Crippen molar-refractivity contribution in [1.29, 1.82) is 0 Å². The second kappa shape index (κ2) is 5.31. The molecule has 0 aromatic carbocycles. The molecule has 4 fully saturated rings. The fraction of sp³-hybridized carbons (Fsp3) is 0.952. The fourth-order valence-electron chi connectivity index (χ4n) is 7.90. The Morgan fingerprint density at radius 3 is 2.35 bits per heavy atom. The van der Waals surface area contributed by atoms with Crippen LogP contribution in [0.15, 0.2) is 0 Å². The molecule has 8 atom stereocenters. The van der Waals surface area contributed by atoms with Gasteiger partial charge in [-0.2, -0.15) is 0 Å². The Labute approximate surface area is 141 Å². The van der Waals surface area contributed by atoms with Crippen molar-refractivity contribution in [1.82, 2.24) is 0 Å². The number of rotatable bonds is 1. The molecule has 0 radical (unpaired) electrons. The van der Waals surface area contributed by atoms with Crippen molar-refractivity contribution >= 4 is 5.78 Å². The largest absolute Gasteiger partial charge is 0.393 e. The molecule has 4 rings (SSSR count). The zero-order chi connectivity index (χ0) is 16.4. The number of aliphatic hydroxyl groups is 1. The van der Waals surface area contributed by atoms with Gasteiger partial charge in [0.15, 0.2) is 0 Å². The zero-order valence-electron chi connectivity index (χ0n) is 15.2. The average Bonchev–Trinajstić information content (AvgIpc) is 2.85. The molecule has 0 saturated heterocycles. The SMILES string of the molecule is CC(=O)C1CC[C@H]2[C@@H]3CC[C@H]4C[C@H](O)CC[C@]4(C)[C@H]3CC[C@]12C. The van der Waals surface area contributed by atoms with Gasteiger partial charge in [0.05, 0.1) is 6.10 Å². The molecule has 23 heavy (non-hydrogen) atoms. The topological polar surface area (TPSA) is 37.3 Å². The van der Waals surface area contributed by atoms with Crippen LogP contribution in [0.3, 0.4) is 0 Å². The van der Waals surface area contributed by atoms with Crippen LogP contribution >= 0.6 is 0 Å². The molecule has 2 heteroatoms. The van der Waals surface area contributed by atoms with E-state index in [1.54, 1.807) is 0 Å². The molecule has 0 aromatic rings. The molecule has 4 aliphatic rings. The minimum Gasteiger partial charge on any atom is -0.393 e. The van der Waals surface area contributed by atoms with Crippen molar-refractivity contribution in [3.05, 3.63) is 0 Å². The van der Waals surface area contributed by atoms with Gasteiger partial charge in [0, 0.05) is 5.92 Å². The molecule has 1 unspecified atom stereocenters. The lowest BCUT2D eigenvalue weighted by Gasteiger charge is -2.60. The lowest BCUT2D eigenvalue weighted by molar-refractivity contribution is -0.138. The van der Waals surface area contributed by atoms with Crippen LogP contribution in [0.5, 0.6) is 0 Å². The van der Waals surface area contributed by atoms with Gasteiger partial charge in [0.25, 0.3) is 0 Å². The molecule has 1 N–H and O–H groups in total. The average molecular weight is 319 g/mol. The van der Waals surface area contributed by atoms with E-state index in [-0.39, 0.29) is 11.5 Å². The maximum atomic E-state index is 12.2. The Hall–Kier alpha value is -0.370. The number of hydrogen-bond donors (Lipinski definition) is 1. The first-order chi connectivity index (χ1) is 10.9. The van der Waals surface area contributed by atoms with E-state index in [1.165, 1.54) is 38.5 Å². The molecule has 0 aliphatic heterocycles. The summed E-state index contributed by atoms with van der Waals surface area (Å²) in [6.45, 7) is 6.80. The van der Waals surface area contributed by atoms with E-state index < -0.39 is 0 Å². The number of carbonyl (C=O) groups excluding carboxylic acids is 1. The Balaban J connectivity index is 1.61. The third-order valence-electron chi connectivity index (χ3n) is 9.13. The summed E-state index contributed by atoms with van der Waals surface area (Å²) in [7, 11) is 0. The van der Waals surface area contributed by atoms with Gasteiger partial charge in [-0.1, -0.05) is 13.8 Å². The lowest BCUT2D eigenvalue weighted by Crippen LogP contribution is -2.54. The quantitative estimate of drug-likeness (QED) is 0.767. The van der Waals surface area contributed by atoms with Crippen molar-refractivity contribution in [2.24, 2.45) is 40.4 Å². The fourth-order valence-corrected chi connectivity index (χ4v) is 7.90. The van der Waals surface area contributed by atoms with E-state index >= 15 is 0 Å². The highest BCUT2D eigenvalue weighted by Gasteiger charge is 2.60. The molecular formula is C21H34O2. The van der Waals surface area contributed by atoms with Gasteiger partial charge in [0.2, 0.25) is 0 Å². The zero-order valence-corrected chi connectivity index (χ0v) is 15.2. The first kappa shape index (κ1) is 16.1. The van der Waals surface area contributed by atoms with E-state index in [2.05, 4.69) is 13.8 Å². The van der Waals surface area contributed by atoms with Crippen LogP contribution < -0.4 is 0 Å². The molecule has 0 bridgehead atoms. The number of carbonyl (C=O) groups is 1. The van der Waals surface area contributed by atoms with Gasteiger partial charge in [-0.25, -0.2) is 0 Å². The molecule has 0 spiro atoms. The molecular weight excluding hydrogens is 284 g/mol. The summed E-state index contributed by atoms with van der Waals surface area (Å²) < 4.78 is 0. The van der Waals surface area contributed by atoms with Crippen molar-refractivity contribution in [2.45, 2.75) is 84.7 Å². The lowest BCUT2D eigenvalue weighted by atomic mass is 9.44. The highest BCUT2D eigenvalue weighted by molar-refractivity contribution is 5.79. The first-order valence-corrected chi connectivity index (χ1v) is 10.0. The number of Topliss-reactive ketones (excluding diaryl/α,β-unsaturated/α-hetero) is 1.